The highest BCUT2D eigenvalue weighted by Gasteiger charge is 2.16. The Hall–Kier alpha value is -1.55. The fraction of sp³-hybridized carbons (Fsp3) is 0.308. The Kier molecular flexibility index (Phi) is 3.07. The number of carbonyl (C=O) groups is 1. The van der Waals surface area contributed by atoms with Gasteiger partial charge in [-0.3, -0.25) is 4.79 Å². The van der Waals surface area contributed by atoms with E-state index in [9.17, 15) is 9.90 Å². The molecule has 17 heavy (non-hydrogen) atoms. The molecule has 2 aromatic rings. The number of rotatable bonds is 2. The van der Waals surface area contributed by atoms with E-state index in [0.717, 1.165) is 26.9 Å². The molecule has 3 nitrogen and oxygen atoms in total. The molecule has 0 fully saturated rings. The topological polar surface area (TPSA) is 46.5 Å². The fourth-order valence-corrected chi connectivity index (χ4v) is 2.96. The minimum Gasteiger partial charge on any atom is -0.508 e. The van der Waals surface area contributed by atoms with Crippen LogP contribution in [0.4, 0.5) is 0 Å². The average Bonchev–Trinajstić information content (AvgIpc) is 2.62. The second-order valence-electron chi connectivity index (χ2n) is 3.89. The van der Waals surface area contributed by atoms with Crippen molar-refractivity contribution in [2.45, 2.75) is 27.2 Å². The molecule has 1 aromatic heterocycles. The number of phenolic OH excluding ortho intramolecular Hbond substituents is 1. The Morgan fingerprint density at radius 2 is 2.18 bits per heavy atom. The van der Waals surface area contributed by atoms with Gasteiger partial charge in [-0.15, -0.1) is 11.3 Å². The summed E-state index contributed by atoms with van der Waals surface area (Å²) in [6, 6.07) is 3.43. The highest BCUT2D eigenvalue weighted by atomic mass is 32.1. The van der Waals surface area contributed by atoms with Gasteiger partial charge in [-0.2, -0.15) is 0 Å². The second kappa shape index (κ2) is 4.37. The molecule has 2 rings (SSSR count). The molecule has 0 bridgehead atoms. The van der Waals surface area contributed by atoms with E-state index in [0.29, 0.717) is 5.75 Å². The Labute approximate surface area is 104 Å². The van der Waals surface area contributed by atoms with E-state index in [4.69, 9.17) is 4.74 Å². The van der Waals surface area contributed by atoms with Crippen molar-refractivity contribution >= 4 is 27.4 Å². The van der Waals surface area contributed by atoms with Crippen LogP contribution in [0.2, 0.25) is 0 Å². The lowest BCUT2D eigenvalue weighted by Crippen LogP contribution is -2.02. The van der Waals surface area contributed by atoms with Gasteiger partial charge in [0.05, 0.1) is 0 Å². The summed E-state index contributed by atoms with van der Waals surface area (Å²) in [6.45, 7) is 5.29. The summed E-state index contributed by atoms with van der Waals surface area (Å²) in [5, 5.41) is 10.6. The molecule has 1 aromatic carbocycles. The molecule has 0 saturated heterocycles. The highest BCUT2D eigenvalue weighted by molar-refractivity contribution is 7.19. The number of hydrogen-bond acceptors (Lipinski definition) is 4. The van der Waals surface area contributed by atoms with Gasteiger partial charge in [0.15, 0.2) is 5.75 Å². The maximum atomic E-state index is 11.1. The Bertz CT molecular complexity index is 584. The molecule has 0 aliphatic heterocycles. The maximum absolute atomic E-state index is 11.1. The zero-order valence-electron chi connectivity index (χ0n) is 10.0. The lowest BCUT2D eigenvalue weighted by molar-refractivity contribution is -0.131. The SMILES string of the molecule is CCc1sc2c(C)c(O)ccc2c1OC(C)=O. The largest absolute Gasteiger partial charge is 0.508 e. The van der Waals surface area contributed by atoms with Crippen LogP contribution in [0.15, 0.2) is 12.1 Å². The molecule has 0 unspecified atom stereocenters. The van der Waals surface area contributed by atoms with Gasteiger partial charge in [0, 0.05) is 27.5 Å². The van der Waals surface area contributed by atoms with Crippen LogP contribution in [0.1, 0.15) is 24.3 Å². The predicted octanol–water partition coefficient (Wildman–Crippen LogP) is 3.40. The van der Waals surface area contributed by atoms with E-state index in [1.54, 1.807) is 23.5 Å². The van der Waals surface area contributed by atoms with Crippen LogP contribution >= 0.6 is 11.3 Å². The van der Waals surface area contributed by atoms with Gasteiger partial charge >= 0.3 is 5.97 Å². The standard InChI is InChI=1S/C13H14O3S/c1-4-11-12(16-8(3)14)9-5-6-10(15)7(2)13(9)17-11/h5-6,15H,4H2,1-3H3. The number of aromatic hydroxyl groups is 1. The predicted molar refractivity (Wildman–Crippen MR) is 68.9 cm³/mol. The summed E-state index contributed by atoms with van der Waals surface area (Å²) in [4.78, 5) is 12.1. The molecule has 0 aliphatic rings. The highest BCUT2D eigenvalue weighted by Crippen LogP contribution is 2.42. The molecular formula is C13H14O3S. The van der Waals surface area contributed by atoms with Crippen LogP contribution < -0.4 is 4.74 Å². The quantitative estimate of drug-likeness (QED) is 0.831. The van der Waals surface area contributed by atoms with Crippen molar-refractivity contribution in [3.05, 3.63) is 22.6 Å². The van der Waals surface area contributed by atoms with E-state index in [-0.39, 0.29) is 11.7 Å². The third-order valence-electron chi connectivity index (χ3n) is 2.67. The lowest BCUT2D eigenvalue weighted by Gasteiger charge is -2.03. The van der Waals surface area contributed by atoms with Gasteiger partial charge in [0.1, 0.15) is 5.75 Å². The van der Waals surface area contributed by atoms with Crippen LogP contribution in [0, 0.1) is 6.92 Å². The van der Waals surface area contributed by atoms with Crippen LogP contribution in [0.3, 0.4) is 0 Å². The van der Waals surface area contributed by atoms with Crippen LogP contribution in [-0.2, 0) is 11.2 Å². The Morgan fingerprint density at radius 3 is 2.76 bits per heavy atom. The maximum Gasteiger partial charge on any atom is 0.308 e. The first-order chi connectivity index (χ1) is 8.04. The first kappa shape index (κ1) is 11.9. The minimum absolute atomic E-state index is 0.274. The van der Waals surface area contributed by atoms with Crippen LogP contribution in [0.25, 0.3) is 10.1 Å². The number of ether oxygens (including phenoxy) is 1. The molecule has 0 radical (unpaired) electrons. The van der Waals surface area contributed by atoms with Crippen molar-refractivity contribution < 1.29 is 14.6 Å². The number of fused-ring (bicyclic) bond motifs is 1. The second-order valence-corrected chi connectivity index (χ2v) is 4.99. The van der Waals surface area contributed by atoms with Gasteiger partial charge < -0.3 is 9.84 Å². The van der Waals surface area contributed by atoms with Crippen LogP contribution in [-0.4, -0.2) is 11.1 Å². The van der Waals surface area contributed by atoms with Crippen molar-refractivity contribution in [2.24, 2.45) is 0 Å². The third kappa shape index (κ3) is 2.00. The van der Waals surface area contributed by atoms with E-state index in [1.165, 1.54) is 6.92 Å². The third-order valence-corrected chi connectivity index (χ3v) is 4.12. The zero-order valence-corrected chi connectivity index (χ0v) is 10.9. The molecular weight excluding hydrogens is 236 g/mol. The number of phenols is 1. The van der Waals surface area contributed by atoms with E-state index in [1.807, 2.05) is 13.8 Å². The van der Waals surface area contributed by atoms with Crippen molar-refractivity contribution in [1.82, 2.24) is 0 Å². The van der Waals surface area contributed by atoms with Gasteiger partial charge in [-0.1, -0.05) is 6.92 Å². The minimum atomic E-state index is -0.315. The molecule has 0 spiro atoms. The zero-order chi connectivity index (χ0) is 12.6. The first-order valence-electron chi connectivity index (χ1n) is 5.47. The van der Waals surface area contributed by atoms with Crippen molar-refractivity contribution in [1.29, 1.82) is 0 Å². The summed E-state index contributed by atoms with van der Waals surface area (Å²) in [5.41, 5.74) is 0.834. The molecule has 90 valence electrons. The van der Waals surface area contributed by atoms with E-state index in [2.05, 4.69) is 0 Å². The number of esters is 1. The normalized spacial score (nSPS) is 10.8. The van der Waals surface area contributed by atoms with Gasteiger partial charge in [0.2, 0.25) is 0 Å². The molecule has 1 heterocycles. The molecule has 0 amide bonds. The molecule has 0 saturated carbocycles. The number of aryl methyl sites for hydroxylation is 2. The molecule has 0 atom stereocenters. The van der Waals surface area contributed by atoms with Gasteiger partial charge in [0.25, 0.3) is 0 Å². The Balaban J connectivity index is 2.72. The Morgan fingerprint density at radius 1 is 1.47 bits per heavy atom. The van der Waals surface area contributed by atoms with Gasteiger partial charge in [-0.25, -0.2) is 0 Å². The van der Waals surface area contributed by atoms with E-state index < -0.39 is 0 Å². The number of benzene rings is 1. The fourth-order valence-electron chi connectivity index (χ4n) is 1.80. The summed E-state index contributed by atoms with van der Waals surface area (Å²) < 4.78 is 6.26. The van der Waals surface area contributed by atoms with Gasteiger partial charge in [-0.05, 0) is 25.5 Å². The first-order valence-corrected chi connectivity index (χ1v) is 6.28. The summed E-state index contributed by atoms with van der Waals surface area (Å²) in [5.74, 6) is 0.601. The summed E-state index contributed by atoms with van der Waals surface area (Å²) >= 11 is 1.57. The number of thiophene rings is 1. The van der Waals surface area contributed by atoms with E-state index >= 15 is 0 Å². The molecule has 1 N–H and O–H groups in total. The number of hydrogen-bond donors (Lipinski definition) is 1. The number of carbonyl (C=O) groups excluding carboxylic acids is 1. The summed E-state index contributed by atoms with van der Waals surface area (Å²) in [6.07, 6.45) is 0.808. The average molecular weight is 250 g/mol. The monoisotopic (exact) mass is 250 g/mol. The van der Waals surface area contributed by atoms with Crippen LogP contribution in [0.5, 0.6) is 11.5 Å². The smallest absolute Gasteiger partial charge is 0.308 e. The van der Waals surface area contributed by atoms with Crippen molar-refractivity contribution in [3.8, 4) is 11.5 Å². The molecule has 0 aliphatic carbocycles. The summed E-state index contributed by atoms with van der Waals surface area (Å²) in [7, 11) is 0. The lowest BCUT2D eigenvalue weighted by atomic mass is 10.1. The van der Waals surface area contributed by atoms with Crippen molar-refractivity contribution in [2.75, 3.05) is 0 Å². The van der Waals surface area contributed by atoms with Crippen molar-refractivity contribution in [3.63, 3.8) is 0 Å². The molecule has 4 heteroatoms.